The average molecular weight is 357 g/mol. The van der Waals surface area contributed by atoms with Crippen molar-refractivity contribution < 1.29 is 9.47 Å². The maximum Gasteiger partial charge on any atom is 0.120 e. The summed E-state index contributed by atoms with van der Waals surface area (Å²) >= 11 is 6.52. The summed E-state index contributed by atoms with van der Waals surface area (Å²) in [6.07, 6.45) is 0.981. The van der Waals surface area contributed by atoms with Crippen LogP contribution >= 0.6 is 11.6 Å². The lowest BCUT2D eigenvalue weighted by molar-refractivity contribution is 0.340. The van der Waals surface area contributed by atoms with Gasteiger partial charge in [0.1, 0.15) is 11.5 Å². The second-order valence-electron chi connectivity index (χ2n) is 6.18. The predicted octanol–water partition coefficient (Wildman–Crippen LogP) is 4.46. The number of ether oxygens (including phenoxy) is 2. The van der Waals surface area contributed by atoms with Crippen LogP contribution < -0.4 is 14.8 Å². The van der Waals surface area contributed by atoms with E-state index in [2.05, 4.69) is 22.4 Å². The van der Waals surface area contributed by atoms with Gasteiger partial charge in [-0.1, -0.05) is 17.7 Å². The molecule has 2 N–H and O–H groups in total. The Labute approximate surface area is 152 Å². The van der Waals surface area contributed by atoms with E-state index < -0.39 is 0 Å². The largest absolute Gasteiger partial charge is 0.497 e. The number of aromatic amines is 1. The summed E-state index contributed by atoms with van der Waals surface area (Å²) in [5.74, 6) is 1.68. The van der Waals surface area contributed by atoms with Crippen LogP contribution in [0.2, 0.25) is 5.02 Å². The molecular formula is C20H21ClN2O2. The highest BCUT2D eigenvalue weighted by atomic mass is 35.5. The molecule has 0 amide bonds. The number of hydrogen-bond donors (Lipinski definition) is 2. The maximum atomic E-state index is 6.52. The third-order valence-electron chi connectivity index (χ3n) is 4.75. The molecule has 0 radical (unpaired) electrons. The van der Waals surface area contributed by atoms with Crippen molar-refractivity contribution in [3.05, 3.63) is 58.2 Å². The van der Waals surface area contributed by atoms with Crippen LogP contribution in [0.3, 0.4) is 0 Å². The van der Waals surface area contributed by atoms with E-state index in [9.17, 15) is 0 Å². The van der Waals surface area contributed by atoms with Gasteiger partial charge in [0, 0.05) is 28.2 Å². The summed E-state index contributed by atoms with van der Waals surface area (Å²) in [7, 11) is 1.65. The molecule has 5 heteroatoms. The lowest BCUT2D eigenvalue weighted by Gasteiger charge is -2.25. The Kier molecular flexibility index (Phi) is 4.32. The van der Waals surface area contributed by atoms with Crippen molar-refractivity contribution in [2.45, 2.75) is 19.4 Å². The highest BCUT2D eigenvalue weighted by molar-refractivity contribution is 6.31. The van der Waals surface area contributed by atoms with Gasteiger partial charge in [0.2, 0.25) is 0 Å². The number of rotatable bonds is 4. The van der Waals surface area contributed by atoms with Crippen LogP contribution in [-0.2, 0) is 6.42 Å². The Morgan fingerprint density at radius 1 is 1.16 bits per heavy atom. The fourth-order valence-electron chi connectivity index (χ4n) is 3.60. The van der Waals surface area contributed by atoms with Crippen molar-refractivity contribution in [1.29, 1.82) is 0 Å². The number of benzene rings is 2. The Hall–Kier alpha value is -2.17. The minimum absolute atomic E-state index is 0.0464. The van der Waals surface area contributed by atoms with Gasteiger partial charge in [-0.25, -0.2) is 0 Å². The molecule has 2 aromatic carbocycles. The normalized spacial score (nSPS) is 16.7. The van der Waals surface area contributed by atoms with Gasteiger partial charge < -0.3 is 19.8 Å². The van der Waals surface area contributed by atoms with E-state index in [0.29, 0.717) is 11.6 Å². The third kappa shape index (κ3) is 2.86. The van der Waals surface area contributed by atoms with Crippen LogP contribution in [0.25, 0.3) is 10.9 Å². The minimum Gasteiger partial charge on any atom is -0.497 e. The van der Waals surface area contributed by atoms with Crippen molar-refractivity contribution in [3.8, 4) is 11.5 Å². The lowest BCUT2D eigenvalue weighted by Crippen LogP contribution is -2.30. The zero-order valence-corrected chi connectivity index (χ0v) is 15.1. The summed E-state index contributed by atoms with van der Waals surface area (Å²) in [6.45, 7) is 3.58. The third-order valence-corrected chi connectivity index (χ3v) is 5.08. The molecule has 1 aliphatic rings. The first-order valence-corrected chi connectivity index (χ1v) is 8.93. The molecule has 1 atom stereocenters. The standard InChI is InChI=1S/C20H21ClN2O2/c1-3-25-13-5-7-18-16(10-13)14-8-9-22-19(20(14)23-18)15-6-4-12(24-2)11-17(15)21/h4-7,10-11,19,22-23H,3,8-9H2,1-2H3. The maximum absolute atomic E-state index is 6.52. The van der Waals surface area contributed by atoms with Gasteiger partial charge in [-0.15, -0.1) is 0 Å². The number of aromatic nitrogens is 1. The molecule has 1 aliphatic heterocycles. The van der Waals surface area contributed by atoms with Gasteiger partial charge >= 0.3 is 0 Å². The summed E-state index contributed by atoms with van der Waals surface area (Å²) in [5, 5.41) is 5.52. The molecule has 0 bridgehead atoms. The molecule has 0 saturated carbocycles. The average Bonchev–Trinajstić information content (AvgIpc) is 3.00. The summed E-state index contributed by atoms with van der Waals surface area (Å²) in [4.78, 5) is 3.58. The highest BCUT2D eigenvalue weighted by Gasteiger charge is 2.27. The number of nitrogens with one attached hydrogen (secondary N) is 2. The van der Waals surface area contributed by atoms with Crippen molar-refractivity contribution in [3.63, 3.8) is 0 Å². The SMILES string of the molecule is CCOc1ccc2[nH]c3c(c2c1)CCNC3c1ccc(OC)cc1Cl. The zero-order valence-electron chi connectivity index (χ0n) is 14.4. The monoisotopic (exact) mass is 356 g/mol. The molecule has 1 unspecified atom stereocenters. The highest BCUT2D eigenvalue weighted by Crippen LogP contribution is 2.38. The number of H-pyrrole nitrogens is 1. The van der Waals surface area contributed by atoms with Gasteiger partial charge in [-0.05, 0) is 54.8 Å². The Morgan fingerprint density at radius 2 is 2.00 bits per heavy atom. The molecule has 4 rings (SSSR count). The van der Waals surface area contributed by atoms with Gasteiger partial charge in [0.25, 0.3) is 0 Å². The van der Waals surface area contributed by atoms with E-state index in [0.717, 1.165) is 35.5 Å². The van der Waals surface area contributed by atoms with Crippen LogP contribution in [0.1, 0.15) is 29.8 Å². The van der Waals surface area contributed by atoms with Crippen molar-refractivity contribution in [1.82, 2.24) is 10.3 Å². The van der Waals surface area contributed by atoms with E-state index in [4.69, 9.17) is 21.1 Å². The Balaban J connectivity index is 1.81. The molecule has 1 aromatic heterocycles. The Bertz CT molecular complexity index is 919. The molecule has 0 saturated heterocycles. The smallest absolute Gasteiger partial charge is 0.120 e. The van der Waals surface area contributed by atoms with Crippen LogP contribution in [0.5, 0.6) is 11.5 Å². The van der Waals surface area contributed by atoms with Crippen molar-refractivity contribution in [2.24, 2.45) is 0 Å². The van der Waals surface area contributed by atoms with E-state index in [1.165, 1.54) is 16.6 Å². The van der Waals surface area contributed by atoms with E-state index >= 15 is 0 Å². The van der Waals surface area contributed by atoms with E-state index in [-0.39, 0.29) is 6.04 Å². The molecular weight excluding hydrogens is 336 g/mol. The molecule has 0 aliphatic carbocycles. The molecule has 2 heterocycles. The zero-order chi connectivity index (χ0) is 17.4. The van der Waals surface area contributed by atoms with E-state index in [1.807, 2.05) is 31.2 Å². The summed E-state index contributed by atoms with van der Waals surface area (Å²) < 4.78 is 10.9. The number of fused-ring (bicyclic) bond motifs is 3. The quantitative estimate of drug-likeness (QED) is 0.725. The topological polar surface area (TPSA) is 46.3 Å². The second kappa shape index (κ2) is 6.62. The number of methoxy groups -OCH3 is 1. The van der Waals surface area contributed by atoms with Gasteiger partial charge in [-0.2, -0.15) is 0 Å². The van der Waals surface area contributed by atoms with Crippen molar-refractivity contribution in [2.75, 3.05) is 20.3 Å². The fraction of sp³-hybridized carbons (Fsp3) is 0.300. The number of hydrogen-bond acceptors (Lipinski definition) is 3. The molecule has 4 nitrogen and oxygen atoms in total. The van der Waals surface area contributed by atoms with E-state index in [1.54, 1.807) is 7.11 Å². The minimum atomic E-state index is 0.0464. The molecule has 0 spiro atoms. The van der Waals surface area contributed by atoms with Crippen LogP contribution in [-0.4, -0.2) is 25.2 Å². The fourth-order valence-corrected chi connectivity index (χ4v) is 3.88. The molecule has 3 aromatic rings. The molecule has 25 heavy (non-hydrogen) atoms. The first-order valence-electron chi connectivity index (χ1n) is 8.55. The number of halogens is 1. The lowest BCUT2D eigenvalue weighted by atomic mass is 9.94. The van der Waals surface area contributed by atoms with Gasteiger partial charge in [0.05, 0.1) is 19.8 Å². The second-order valence-corrected chi connectivity index (χ2v) is 6.59. The van der Waals surface area contributed by atoms with Crippen LogP contribution in [0.4, 0.5) is 0 Å². The molecule has 130 valence electrons. The molecule has 0 fully saturated rings. The first-order chi connectivity index (χ1) is 12.2. The predicted molar refractivity (Wildman–Crippen MR) is 101 cm³/mol. The Morgan fingerprint density at radius 3 is 2.76 bits per heavy atom. The van der Waals surface area contributed by atoms with Crippen LogP contribution in [0, 0.1) is 0 Å². The van der Waals surface area contributed by atoms with Crippen LogP contribution in [0.15, 0.2) is 36.4 Å². The van der Waals surface area contributed by atoms with Gasteiger partial charge in [0.15, 0.2) is 0 Å². The van der Waals surface area contributed by atoms with Crippen molar-refractivity contribution >= 4 is 22.5 Å². The van der Waals surface area contributed by atoms with Gasteiger partial charge in [-0.3, -0.25) is 0 Å². The summed E-state index contributed by atoms with van der Waals surface area (Å²) in [6, 6.07) is 12.1. The first kappa shape index (κ1) is 16.3. The summed E-state index contributed by atoms with van der Waals surface area (Å²) in [5.41, 5.74) is 4.71.